The lowest BCUT2D eigenvalue weighted by Crippen LogP contribution is -2.27. The summed E-state index contributed by atoms with van der Waals surface area (Å²) in [6, 6.07) is 8.22. The summed E-state index contributed by atoms with van der Waals surface area (Å²) >= 11 is 0. The van der Waals surface area contributed by atoms with E-state index in [0.29, 0.717) is 6.54 Å². The van der Waals surface area contributed by atoms with E-state index in [0.717, 1.165) is 37.3 Å². The lowest BCUT2D eigenvalue weighted by Gasteiger charge is -2.19. The van der Waals surface area contributed by atoms with Crippen molar-refractivity contribution >= 4 is 0 Å². The zero-order valence-corrected chi connectivity index (χ0v) is 12.4. The Morgan fingerprint density at radius 2 is 1.95 bits per heavy atom. The van der Waals surface area contributed by atoms with E-state index in [1.165, 1.54) is 12.1 Å². The van der Waals surface area contributed by atoms with Crippen LogP contribution in [0.25, 0.3) is 5.69 Å². The predicted molar refractivity (Wildman–Crippen MR) is 80.8 cm³/mol. The fourth-order valence-corrected chi connectivity index (χ4v) is 2.21. The summed E-state index contributed by atoms with van der Waals surface area (Å²) in [5, 5.41) is 13.6. The van der Waals surface area contributed by atoms with E-state index in [-0.39, 0.29) is 12.4 Å². The standard InChI is InChI=1S/C16H22FN3O/c1-2-3-9-19(11-12-21)13-15-8-10-20(18-15)16-6-4-14(17)5-7-16/h4-8,10,21H,2-3,9,11-13H2,1H3. The molecule has 2 rings (SSSR count). The zero-order valence-electron chi connectivity index (χ0n) is 12.4. The van der Waals surface area contributed by atoms with Crippen LogP contribution in [0.3, 0.4) is 0 Å². The second-order valence-corrected chi connectivity index (χ2v) is 5.08. The van der Waals surface area contributed by atoms with Crippen LogP contribution in [-0.4, -0.2) is 39.5 Å². The smallest absolute Gasteiger partial charge is 0.123 e. The number of unbranched alkanes of at least 4 members (excludes halogenated alkanes) is 1. The second-order valence-electron chi connectivity index (χ2n) is 5.08. The van der Waals surface area contributed by atoms with Crippen molar-refractivity contribution in [3.8, 4) is 5.69 Å². The Hall–Kier alpha value is -1.72. The van der Waals surface area contributed by atoms with Gasteiger partial charge in [0.1, 0.15) is 5.82 Å². The third kappa shape index (κ3) is 4.65. The molecule has 114 valence electrons. The van der Waals surface area contributed by atoms with Gasteiger partial charge in [-0.2, -0.15) is 5.10 Å². The number of aromatic nitrogens is 2. The first-order valence-corrected chi connectivity index (χ1v) is 7.36. The van der Waals surface area contributed by atoms with Gasteiger partial charge < -0.3 is 5.11 Å². The molecule has 1 N–H and O–H groups in total. The SMILES string of the molecule is CCCCN(CCO)Cc1ccn(-c2ccc(F)cc2)n1. The summed E-state index contributed by atoms with van der Waals surface area (Å²) in [6.45, 7) is 4.64. The summed E-state index contributed by atoms with van der Waals surface area (Å²) in [5.74, 6) is -0.250. The number of nitrogens with zero attached hydrogens (tertiary/aromatic N) is 3. The summed E-state index contributed by atoms with van der Waals surface area (Å²) in [6.07, 6.45) is 4.12. The fourth-order valence-electron chi connectivity index (χ4n) is 2.21. The Morgan fingerprint density at radius 1 is 1.19 bits per heavy atom. The van der Waals surface area contributed by atoms with Gasteiger partial charge in [-0.1, -0.05) is 13.3 Å². The topological polar surface area (TPSA) is 41.3 Å². The molecule has 0 unspecified atom stereocenters. The first-order valence-electron chi connectivity index (χ1n) is 7.36. The summed E-state index contributed by atoms with van der Waals surface area (Å²) in [7, 11) is 0. The van der Waals surface area contributed by atoms with Crippen LogP contribution < -0.4 is 0 Å². The molecule has 0 fully saturated rings. The number of aliphatic hydroxyl groups is 1. The maximum atomic E-state index is 12.9. The maximum absolute atomic E-state index is 12.9. The molecule has 0 saturated heterocycles. The normalized spacial score (nSPS) is 11.2. The average molecular weight is 291 g/mol. The van der Waals surface area contributed by atoms with Crippen molar-refractivity contribution in [2.24, 2.45) is 0 Å². The molecule has 0 aliphatic carbocycles. The number of halogens is 1. The van der Waals surface area contributed by atoms with E-state index in [2.05, 4.69) is 16.9 Å². The van der Waals surface area contributed by atoms with Crippen molar-refractivity contribution < 1.29 is 9.50 Å². The van der Waals surface area contributed by atoms with Crippen molar-refractivity contribution in [2.75, 3.05) is 19.7 Å². The molecule has 0 spiro atoms. The number of hydrogen-bond acceptors (Lipinski definition) is 3. The largest absolute Gasteiger partial charge is 0.395 e. The molecule has 1 aromatic carbocycles. The number of aliphatic hydroxyl groups excluding tert-OH is 1. The minimum Gasteiger partial charge on any atom is -0.395 e. The molecular weight excluding hydrogens is 269 g/mol. The van der Waals surface area contributed by atoms with Gasteiger partial charge in [-0.25, -0.2) is 9.07 Å². The average Bonchev–Trinajstić information content (AvgIpc) is 2.94. The van der Waals surface area contributed by atoms with Gasteiger partial charge in [0, 0.05) is 19.3 Å². The van der Waals surface area contributed by atoms with Crippen LogP contribution >= 0.6 is 0 Å². The van der Waals surface area contributed by atoms with Gasteiger partial charge in [0.25, 0.3) is 0 Å². The molecular formula is C16H22FN3O. The molecule has 1 aromatic heterocycles. The Labute approximate surface area is 124 Å². The van der Waals surface area contributed by atoms with Gasteiger partial charge in [0.2, 0.25) is 0 Å². The lowest BCUT2D eigenvalue weighted by molar-refractivity contribution is 0.187. The van der Waals surface area contributed by atoms with Gasteiger partial charge in [0.05, 0.1) is 18.0 Å². The maximum Gasteiger partial charge on any atom is 0.123 e. The van der Waals surface area contributed by atoms with E-state index in [4.69, 9.17) is 5.11 Å². The summed E-state index contributed by atoms with van der Waals surface area (Å²) < 4.78 is 14.7. The van der Waals surface area contributed by atoms with Crippen LogP contribution in [0, 0.1) is 5.82 Å². The minimum atomic E-state index is -0.250. The highest BCUT2D eigenvalue weighted by atomic mass is 19.1. The Morgan fingerprint density at radius 3 is 2.62 bits per heavy atom. The van der Waals surface area contributed by atoms with Gasteiger partial charge in [0.15, 0.2) is 0 Å². The molecule has 0 radical (unpaired) electrons. The van der Waals surface area contributed by atoms with Crippen LogP contribution in [0.2, 0.25) is 0 Å². The molecule has 1 heterocycles. The van der Waals surface area contributed by atoms with Gasteiger partial charge in [-0.3, -0.25) is 4.90 Å². The van der Waals surface area contributed by atoms with E-state index in [9.17, 15) is 4.39 Å². The summed E-state index contributed by atoms with van der Waals surface area (Å²) in [5.41, 5.74) is 1.79. The number of hydrogen-bond donors (Lipinski definition) is 1. The highest BCUT2D eigenvalue weighted by molar-refractivity contribution is 5.31. The highest BCUT2D eigenvalue weighted by Gasteiger charge is 2.08. The van der Waals surface area contributed by atoms with Crippen LogP contribution in [0.5, 0.6) is 0 Å². The minimum absolute atomic E-state index is 0.155. The molecule has 0 amide bonds. The molecule has 4 nitrogen and oxygen atoms in total. The second kappa shape index (κ2) is 7.90. The molecule has 0 bridgehead atoms. The van der Waals surface area contributed by atoms with Crippen molar-refractivity contribution in [3.05, 3.63) is 48.0 Å². The fraction of sp³-hybridized carbons (Fsp3) is 0.438. The molecule has 0 aliphatic rings. The third-order valence-corrected chi connectivity index (χ3v) is 3.37. The van der Waals surface area contributed by atoms with Crippen molar-refractivity contribution in [3.63, 3.8) is 0 Å². The van der Waals surface area contributed by atoms with Gasteiger partial charge in [-0.05, 0) is 43.3 Å². The summed E-state index contributed by atoms with van der Waals surface area (Å²) in [4.78, 5) is 2.20. The van der Waals surface area contributed by atoms with Crippen molar-refractivity contribution in [1.29, 1.82) is 0 Å². The number of rotatable bonds is 8. The Balaban J connectivity index is 2.02. The van der Waals surface area contributed by atoms with Crippen LogP contribution in [-0.2, 0) is 6.54 Å². The van der Waals surface area contributed by atoms with Crippen LogP contribution in [0.4, 0.5) is 4.39 Å². The Bertz CT molecular complexity index is 539. The molecule has 0 aliphatic heterocycles. The quantitative estimate of drug-likeness (QED) is 0.813. The zero-order chi connectivity index (χ0) is 15.1. The first-order chi connectivity index (χ1) is 10.2. The van der Waals surface area contributed by atoms with E-state index in [1.807, 2.05) is 12.3 Å². The number of benzene rings is 1. The first kappa shape index (κ1) is 15.7. The van der Waals surface area contributed by atoms with E-state index >= 15 is 0 Å². The van der Waals surface area contributed by atoms with E-state index < -0.39 is 0 Å². The monoisotopic (exact) mass is 291 g/mol. The molecule has 2 aromatic rings. The molecule has 5 heteroatoms. The van der Waals surface area contributed by atoms with Crippen molar-refractivity contribution in [2.45, 2.75) is 26.3 Å². The van der Waals surface area contributed by atoms with Gasteiger partial charge in [-0.15, -0.1) is 0 Å². The molecule has 21 heavy (non-hydrogen) atoms. The van der Waals surface area contributed by atoms with E-state index in [1.54, 1.807) is 16.8 Å². The molecule has 0 saturated carbocycles. The van der Waals surface area contributed by atoms with Crippen LogP contribution in [0.15, 0.2) is 36.5 Å². The van der Waals surface area contributed by atoms with Crippen molar-refractivity contribution in [1.82, 2.24) is 14.7 Å². The lowest BCUT2D eigenvalue weighted by atomic mass is 10.3. The Kier molecular flexibility index (Phi) is 5.90. The molecule has 0 atom stereocenters. The van der Waals surface area contributed by atoms with Gasteiger partial charge >= 0.3 is 0 Å². The predicted octanol–water partition coefficient (Wildman–Crippen LogP) is 2.61. The third-order valence-electron chi connectivity index (χ3n) is 3.37. The van der Waals surface area contributed by atoms with Crippen LogP contribution in [0.1, 0.15) is 25.5 Å². The highest BCUT2D eigenvalue weighted by Crippen LogP contribution is 2.10.